The van der Waals surface area contributed by atoms with Crippen LogP contribution in [0, 0.1) is 0 Å². The second kappa shape index (κ2) is 13.3. The fourth-order valence-corrected chi connectivity index (χ4v) is 3.47. The van der Waals surface area contributed by atoms with Crippen LogP contribution in [0.4, 0.5) is 4.79 Å². The summed E-state index contributed by atoms with van der Waals surface area (Å²) < 4.78 is 5.08. The van der Waals surface area contributed by atoms with Crippen molar-refractivity contribution in [1.29, 1.82) is 0 Å². The van der Waals surface area contributed by atoms with Crippen LogP contribution in [0.25, 0.3) is 0 Å². The van der Waals surface area contributed by atoms with Crippen molar-refractivity contribution >= 4 is 18.0 Å². The monoisotopic (exact) mass is 426 g/mol. The Labute approximate surface area is 182 Å². The average Bonchev–Trinajstić information content (AvgIpc) is 2.68. The van der Waals surface area contributed by atoms with Crippen molar-refractivity contribution in [3.63, 3.8) is 0 Å². The lowest BCUT2D eigenvalue weighted by Crippen LogP contribution is -2.51. The molecule has 1 aliphatic heterocycles. The molecule has 1 saturated heterocycles. The molecule has 0 spiro atoms. The highest BCUT2D eigenvalue weighted by Crippen LogP contribution is 2.11. The van der Waals surface area contributed by atoms with Crippen LogP contribution < -0.4 is 10.6 Å². The number of carbonyl (C=O) groups excluding carboxylic acids is 2. The van der Waals surface area contributed by atoms with Crippen molar-refractivity contribution in [3.05, 3.63) is 0 Å². The maximum Gasteiger partial charge on any atom is 0.409 e. The summed E-state index contributed by atoms with van der Waals surface area (Å²) in [6.07, 6.45) is 1.37. The van der Waals surface area contributed by atoms with E-state index in [9.17, 15) is 9.59 Å². The van der Waals surface area contributed by atoms with Crippen LogP contribution in [-0.2, 0) is 9.53 Å². The van der Waals surface area contributed by atoms with Crippen LogP contribution in [0.5, 0.6) is 0 Å². The fraction of sp³-hybridized carbons (Fsp3) is 0.857. The fourth-order valence-electron chi connectivity index (χ4n) is 3.47. The Morgan fingerprint density at radius 3 is 2.23 bits per heavy atom. The second-order valence-electron chi connectivity index (χ2n) is 8.41. The summed E-state index contributed by atoms with van der Waals surface area (Å²) in [4.78, 5) is 34.0. The number of hydrogen-bond donors (Lipinski definition) is 2. The highest BCUT2D eigenvalue weighted by molar-refractivity contribution is 5.85. The standard InChI is InChI=1S/C21H42N6O3/c1-8-30-21(29)26-12-9-18(10-13-26)24-20(23-15-19(28)25(6)7)22-11-14-27(16(2)3)17(4)5/h16-18H,8-15H2,1-7H3,(H2,22,23,24). The predicted molar refractivity (Wildman–Crippen MR) is 121 cm³/mol. The molecular formula is C21H42N6O3. The number of ether oxygens (including phenoxy) is 1. The molecule has 1 heterocycles. The first kappa shape index (κ1) is 26.0. The van der Waals surface area contributed by atoms with Gasteiger partial charge >= 0.3 is 6.09 Å². The molecule has 0 aromatic carbocycles. The summed E-state index contributed by atoms with van der Waals surface area (Å²) >= 11 is 0. The van der Waals surface area contributed by atoms with Gasteiger partial charge in [0.1, 0.15) is 6.54 Å². The molecule has 0 aliphatic carbocycles. The number of amides is 2. The van der Waals surface area contributed by atoms with Gasteiger partial charge in [0.05, 0.1) is 6.61 Å². The summed E-state index contributed by atoms with van der Waals surface area (Å²) in [5.41, 5.74) is 0. The number of carbonyl (C=O) groups is 2. The van der Waals surface area contributed by atoms with Crippen LogP contribution in [0.2, 0.25) is 0 Å². The van der Waals surface area contributed by atoms with E-state index in [2.05, 4.69) is 48.2 Å². The van der Waals surface area contributed by atoms with E-state index < -0.39 is 0 Å². The third-order valence-electron chi connectivity index (χ3n) is 5.22. The minimum atomic E-state index is -0.248. The average molecular weight is 427 g/mol. The Bertz CT molecular complexity index is 549. The Morgan fingerprint density at radius 1 is 1.13 bits per heavy atom. The van der Waals surface area contributed by atoms with Gasteiger partial charge in [-0.15, -0.1) is 0 Å². The molecule has 1 fully saturated rings. The molecule has 1 rings (SSSR count). The maximum atomic E-state index is 12.0. The van der Waals surface area contributed by atoms with E-state index in [4.69, 9.17) is 4.74 Å². The highest BCUT2D eigenvalue weighted by Gasteiger charge is 2.24. The van der Waals surface area contributed by atoms with Gasteiger partial charge in [0.25, 0.3) is 0 Å². The molecule has 0 bridgehead atoms. The normalized spacial score (nSPS) is 15.7. The summed E-state index contributed by atoms with van der Waals surface area (Å²) in [5.74, 6) is 0.603. The number of guanidine groups is 1. The summed E-state index contributed by atoms with van der Waals surface area (Å²) in [6, 6.07) is 1.12. The van der Waals surface area contributed by atoms with E-state index in [1.807, 2.05) is 6.92 Å². The van der Waals surface area contributed by atoms with Gasteiger partial charge in [0.2, 0.25) is 5.91 Å². The molecule has 174 valence electrons. The summed E-state index contributed by atoms with van der Waals surface area (Å²) in [6.45, 7) is 14.0. The minimum absolute atomic E-state index is 0.0424. The van der Waals surface area contributed by atoms with E-state index in [1.54, 1.807) is 19.0 Å². The number of likely N-dealkylation sites (tertiary alicyclic amines) is 1. The second-order valence-corrected chi connectivity index (χ2v) is 8.41. The number of rotatable bonds is 9. The van der Waals surface area contributed by atoms with E-state index >= 15 is 0 Å². The lowest BCUT2D eigenvalue weighted by atomic mass is 10.1. The van der Waals surface area contributed by atoms with Gasteiger partial charge in [-0.25, -0.2) is 9.79 Å². The van der Waals surface area contributed by atoms with Crippen molar-refractivity contribution in [2.45, 2.75) is 65.6 Å². The first-order valence-electron chi connectivity index (χ1n) is 11.1. The molecule has 2 N–H and O–H groups in total. The molecule has 0 atom stereocenters. The molecule has 9 heteroatoms. The van der Waals surface area contributed by atoms with Crippen molar-refractivity contribution in [1.82, 2.24) is 25.3 Å². The van der Waals surface area contributed by atoms with E-state index in [1.165, 1.54) is 4.90 Å². The van der Waals surface area contributed by atoms with Gasteiger partial charge in [0.15, 0.2) is 5.96 Å². The quantitative estimate of drug-likeness (QED) is 0.427. The van der Waals surface area contributed by atoms with E-state index in [-0.39, 0.29) is 24.6 Å². The summed E-state index contributed by atoms with van der Waals surface area (Å²) in [5, 5.41) is 6.82. The van der Waals surface area contributed by atoms with Crippen LogP contribution in [0.15, 0.2) is 4.99 Å². The highest BCUT2D eigenvalue weighted by atomic mass is 16.6. The minimum Gasteiger partial charge on any atom is -0.450 e. The van der Waals surface area contributed by atoms with Crippen molar-refractivity contribution in [3.8, 4) is 0 Å². The molecule has 30 heavy (non-hydrogen) atoms. The van der Waals surface area contributed by atoms with Crippen LogP contribution in [0.1, 0.15) is 47.5 Å². The molecule has 2 amide bonds. The van der Waals surface area contributed by atoms with Crippen LogP contribution in [-0.4, -0.2) is 104 Å². The van der Waals surface area contributed by atoms with E-state index in [0.29, 0.717) is 37.7 Å². The zero-order chi connectivity index (χ0) is 22.7. The van der Waals surface area contributed by atoms with Crippen molar-refractivity contribution < 1.29 is 14.3 Å². The largest absolute Gasteiger partial charge is 0.450 e. The Kier molecular flexibility index (Phi) is 11.5. The number of likely N-dealkylation sites (N-methyl/N-ethyl adjacent to an activating group) is 1. The lowest BCUT2D eigenvalue weighted by Gasteiger charge is -2.33. The van der Waals surface area contributed by atoms with Gasteiger partial charge < -0.3 is 25.2 Å². The molecule has 0 aromatic heterocycles. The zero-order valence-corrected chi connectivity index (χ0v) is 19.9. The third kappa shape index (κ3) is 9.19. The Hall–Kier alpha value is -2.03. The smallest absolute Gasteiger partial charge is 0.409 e. The topological polar surface area (TPSA) is 89.5 Å². The van der Waals surface area contributed by atoms with Gasteiger partial charge in [0, 0.05) is 58.4 Å². The molecule has 0 saturated carbocycles. The maximum absolute atomic E-state index is 12.0. The first-order chi connectivity index (χ1) is 14.1. The van der Waals surface area contributed by atoms with Gasteiger partial charge in [-0.2, -0.15) is 0 Å². The summed E-state index contributed by atoms with van der Waals surface area (Å²) in [7, 11) is 3.46. The number of nitrogens with one attached hydrogen (secondary N) is 2. The van der Waals surface area contributed by atoms with Gasteiger partial charge in [-0.3, -0.25) is 9.69 Å². The van der Waals surface area contributed by atoms with E-state index in [0.717, 1.165) is 25.9 Å². The molecule has 0 radical (unpaired) electrons. The zero-order valence-electron chi connectivity index (χ0n) is 19.9. The number of nitrogens with zero attached hydrogens (tertiary/aromatic N) is 4. The van der Waals surface area contributed by atoms with Crippen molar-refractivity contribution in [2.24, 2.45) is 4.99 Å². The number of piperidine rings is 1. The predicted octanol–water partition coefficient (Wildman–Crippen LogP) is 1.35. The molecular weight excluding hydrogens is 384 g/mol. The van der Waals surface area contributed by atoms with Crippen molar-refractivity contribution in [2.75, 3.05) is 53.4 Å². The Morgan fingerprint density at radius 2 is 1.73 bits per heavy atom. The SMILES string of the molecule is CCOC(=O)N1CCC(NC(=NCC(=O)N(C)C)NCCN(C(C)C)C(C)C)CC1. The third-order valence-corrected chi connectivity index (χ3v) is 5.22. The number of hydrogen-bond acceptors (Lipinski definition) is 5. The number of aliphatic imine (C=N–C) groups is 1. The van der Waals surface area contributed by atoms with Crippen LogP contribution in [0.3, 0.4) is 0 Å². The lowest BCUT2D eigenvalue weighted by molar-refractivity contribution is -0.127. The molecule has 1 aliphatic rings. The molecule has 9 nitrogen and oxygen atoms in total. The van der Waals surface area contributed by atoms with Gasteiger partial charge in [-0.1, -0.05) is 0 Å². The Balaban J connectivity index is 2.65. The molecule has 0 unspecified atom stereocenters. The molecule has 0 aromatic rings. The van der Waals surface area contributed by atoms with Crippen LogP contribution >= 0.6 is 0 Å². The van der Waals surface area contributed by atoms with Gasteiger partial charge in [-0.05, 0) is 47.5 Å². The first-order valence-corrected chi connectivity index (χ1v) is 11.1.